The molecule has 32 heavy (non-hydrogen) atoms. The predicted octanol–water partition coefficient (Wildman–Crippen LogP) is 3.41. The largest absolute Gasteiger partial charge is 0.355 e. The van der Waals surface area contributed by atoms with Gasteiger partial charge >= 0.3 is 0 Å². The van der Waals surface area contributed by atoms with E-state index in [9.17, 15) is 26.4 Å². The van der Waals surface area contributed by atoms with Gasteiger partial charge in [0, 0.05) is 18.0 Å². The second kappa shape index (κ2) is 8.59. The number of H-pyrrole nitrogens is 1. The number of aromatic nitrogens is 1. The van der Waals surface area contributed by atoms with E-state index in [0.29, 0.717) is 36.0 Å². The van der Waals surface area contributed by atoms with E-state index in [-0.39, 0.29) is 23.9 Å². The van der Waals surface area contributed by atoms with Gasteiger partial charge in [-0.2, -0.15) is 0 Å². The number of aromatic amines is 1. The summed E-state index contributed by atoms with van der Waals surface area (Å²) < 4.78 is 66.1. The molecule has 1 amide bonds. The minimum Gasteiger partial charge on any atom is -0.355 e. The van der Waals surface area contributed by atoms with Crippen molar-refractivity contribution in [1.82, 2.24) is 15.0 Å². The van der Waals surface area contributed by atoms with Gasteiger partial charge in [0.05, 0.1) is 24.0 Å². The fraction of sp³-hybridized carbons (Fsp3) is 0.318. The molecule has 1 aromatic heterocycles. The smallest absolute Gasteiger partial charge is 0.235 e. The molecule has 3 N–H and O–H groups in total. The molecule has 1 fully saturated rings. The van der Waals surface area contributed by atoms with E-state index >= 15 is 0 Å². The molecule has 0 atom stereocenters. The van der Waals surface area contributed by atoms with Crippen molar-refractivity contribution in [2.75, 3.05) is 19.3 Å². The van der Waals surface area contributed by atoms with Gasteiger partial charge in [0.15, 0.2) is 0 Å². The molecule has 1 aliphatic carbocycles. The number of amides is 1. The lowest BCUT2D eigenvalue weighted by atomic mass is 9.70. The Morgan fingerprint density at radius 2 is 1.78 bits per heavy atom. The third kappa shape index (κ3) is 4.81. The molecule has 10 heteroatoms. The summed E-state index contributed by atoms with van der Waals surface area (Å²) in [5.41, 5.74) is 2.26. The van der Waals surface area contributed by atoms with Crippen molar-refractivity contribution in [1.29, 1.82) is 0 Å². The maximum Gasteiger partial charge on any atom is 0.235 e. The molecule has 3 aromatic rings. The van der Waals surface area contributed by atoms with E-state index in [2.05, 4.69) is 15.0 Å². The molecule has 4 rings (SSSR count). The van der Waals surface area contributed by atoms with Crippen LogP contribution < -0.4 is 10.0 Å². The van der Waals surface area contributed by atoms with Gasteiger partial charge in [-0.15, -0.1) is 0 Å². The third-order valence-corrected chi connectivity index (χ3v) is 6.39. The van der Waals surface area contributed by atoms with E-state index in [1.807, 2.05) is 0 Å². The van der Waals surface area contributed by atoms with Crippen LogP contribution in [0.4, 0.5) is 13.2 Å². The summed E-state index contributed by atoms with van der Waals surface area (Å²) >= 11 is 0. The minimum atomic E-state index is -3.45. The van der Waals surface area contributed by atoms with Crippen molar-refractivity contribution in [3.8, 4) is 11.3 Å². The number of hydrogen-bond acceptors (Lipinski definition) is 3. The zero-order valence-corrected chi connectivity index (χ0v) is 18.0. The summed E-state index contributed by atoms with van der Waals surface area (Å²) in [4.78, 5) is 14.8. The first kappa shape index (κ1) is 22.3. The second-order valence-corrected chi connectivity index (χ2v) is 10.00. The van der Waals surface area contributed by atoms with Crippen LogP contribution in [0.15, 0.2) is 36.4 Å². The van der Waals surface area contributed by atoms with Crippen LogP contribution in [0.25, 0.3) is 22.2 Å². The summed E-state index contributed by atoms with van der Waals surface area (Å²) in [6, 6.07) is 7.91. The lowest BCUT2D eigenvalue weighted by molar-refractivity contribution is -0.120. The number of benzene rings is 2. The van der Waals surface area contributed by atoms with Crippen molar-refractivity contribution in [3.63, 3.8) is 0 Å². The average Bonchev–Trinajstić information content (AvgIpc) is 3.04. The lowest BCUT2D eigenvalue weighted by Crippen LogP contribution is -2.40. The molecule has 1 saturated carbocycles. The Kier molecular flexibility index (Phi) is 6.00. The minimum absolute atomic E-state index is 0.000972. The van der Waals surface area contributed by atoms with Crippen molar-refractivity contribution >= 4 is 26.8 Å². The number of nitrogens with one attached hydrogen (secondary N) is 3. The Hall–Kier alpha value is -2.85. The quantitative estimate of drug-likeness (QED) is 0.500. The van der Waals surface area contributed by atoms with Crippen LogP contribution in [0.3, 0.4) is 0 Å². The highest BCUT2D eigenvalue weighted by molar-refractivity contribution is 7.88. The van der Waals surface area contributed by atoms with Crippen molar-refractivity contribution in [3.05, 3.63) is 59.4 Å². The van der Waals surface area contributed by atoms with Crippen LogP contribution in [-0.4, -0.2) is 38.7 Å². The highest BCUT2D eigenvalue weighted by atomic mass is 32.2. The number of sulfonamides is 1. The Labute approximate surface area is 183 Å². The highest BCUT2D eigenvalue weighted by Crippen LogP contribution is 2.48. The van der Waals surface area contributed by atoms with Crippen molar-refractivity contribution in [2.24, 2.45) is 5.92 Å². The Morgan fingerprint density at radius 1 is 1.09 bits per heavy atom. The predicted molar refractivity (Wildman–Crippen MR) is 115 cm³/mol. The van der Waals surface area contributed by atoms with Gasteiger partial charge in [0.1, 0.15) is 17.5 Å². The van der Waals surface area contributed by atoms with Gasteiger partial charge in [0.25, 0.3) is 0 Å². The van der Waals surface area contributed by atoms with E-state index in [1.165, 1.54) is 18.2 Å². The molecule has 0 saturated heterocycles. The van der Waals surface area contributed by atoms with Crippen LogP contribution in [0, 0.1) is 23.4 Å². The Balaban J connectivity index is 1.52. The zero-order chi connectivity index (χ0) is 23.0. The van der Waals surface area contributed by atoms with Gasteiger partial charge in [-0.1, -0.05) is 0 Å². The normalized spacial score (nSPS) is 18.5. The first-order chi connectivity index (χ1) is 15.1. The monoisotopic (exact) mass is 465 g/mol. The van der Waals surface area contributed by atoms with Crippen LogP contribution in [0.2, 0.25) is 0 Å². The molecule has 2 aromatic carbocycles. The number of carbonyl (C=O) groups is 1. The van der Waals surface area contributed by atoms with E-state index in [4.69, 9.17) is 0 Å². The van der Waals surface area contributed by atoms with Gasteiger partial charge in [-0.25, -0.2) is 26.3 Å². The number of rotatable bonds is 7. The first-order valence-corrected chi connectivity index (χ1v) is 12.0. The molecular weight excluding hydrogens is 443 g/mol. The number of fused-ring (bicyclic) bond motifs is 1. The van der Waals surface area contributed by atoms with Gasteiger partial charge < -0.3 is 10.3 Å². The first-order valence-electron chi connectivity index (χ1n) is 10.1. The Bertz CT molecular complexity index is 1270. The Morgan fingerprint density at radius 3 is 2.44 bits per heavy atom. The van der Waals surface area contributed by atoms with E-state index < -0.39 is 33.4 Å². The molecule has 170 valence electrons. The molecule has 1 heterocycles. The molecule has 6 nitrogen and oxygen atoms in total. The summed E-state index contributed by atoms with van der Waals surface area (Å²) in [5.74, 6) is -2.05. The standard InChI is InChI=1S/C22H22F3N3O3S/c1-32(30,31)27-11-19(29)26-10-12-6-14(7-12)20-17-8-16(24)9-18(25)22(17)28-21(20)13-2-4-15(23)5-3-13/h2-5,8-9,12,14,27-28H,6-7,10-11H2,1H3,(H,26,29). The van der Waals surface area contributed by atoms with Crippen LogP contribution in [0.5, 0.6) is 0 Å². The van der Waals surface area contributed by atoms with Crippen LogP contribution in [0.1, 0.15) is 24.3 Å². The summed E-state index contributed by atoms with van der Waals surface area (Å²) in [7, 11) is -3.45. The van der Waals surface area contributed by atoms with Crippen molar-refractivity contribution in [2.45, 2.75) is 18.8 Å². The van der Waals surface area contributed by atoms with E-state index in [0.717, 1.165) is 17.9 Å². The average molecular weight is 465 g/mol. The lowest BCUT2D eigenvalue weighted by Gasteiger charge is -2.36. The topological polar surface area (TPSA) is 91.1 Å². The zero-order valence-electron chi connectivity index (χ0n) is 17.2. The summed E-state index contributed by atoms with van der Waals surface area (Å²) in [5, 5.41) is 3.15. The third-order valence-electron chi connectivity index (χ3n) is 5.72. The fourth-order valence-corrected chi connectivity index (χ4v) is 4.56. The van der Waals surface area contributed by atoms with Crippen LogP contribution >= 0.6 is 0 Å². The number of hydrogen-bond donors (Lipinski definition) is 3. The van der Waals surface area contributed by atoms with Gasteiger partial charge in [-0.3, -0.25) is 4.79 Å². The van der Waals surface area contributed by atoms with E-state index in [1.54, 1.807) is 12.1 Å². The molecule has 0 aliphatic heterocycles. The number of halogens is 3. The molecule has 0 bridgehead atoms. The summed E-state index contributed by atoms with van der Waals surface area (Å²) in [6.07, 6.45) is 2.33. The van der Waals surface area contributed by atoms with Gasteiger partial charge in [-0.05, 0) is 66.1 Å². The SMILES string of the molecule is CS(=O)(=O)NCC(=O)NCC1CC(c2c(-c3ccc(F)cc3)[nH]c3c(F)cc(F)cc23)C1. The highest BCUT2D eigenvalue weighted by Gasteiger charge is 2.34. The fourth-order valence-electron chi connectivity index (χ4n) is 4.16. The maximum absolute atomic E-state index is 14.4. The molecule has 0 unspecified atom stereocenters. The molecule has 1 aliphatic rings. The molecular formula is C22H22F3N3O3S. The van der Waals surface area contributed by atoms with Gasteiger partial charge in [0.2, 0.25) is 15.9 Å². The van der Waals surface area contributed by atoms with Crippen molar-refractivity contribution < 1.29 is 26.4 Å². The molecule has 0 spiro atoms. The number of carbonyl (C=O) groups excluding carboxylic acids is 1. The second-order valence-electron chi connectivity index (χ2n) is 8.16. The summed E-state index contributed by atoms with van der Waals surface area (Å²) in [6.45, 7) is 0.0441. The maximum atomic E-state index is 14.4. The van der Waals surface area contributed by atoms with Crippen LogP contribution in [-0.2, 0) is 14.8 Å². The molecule has 0 radical (unpaired) electrons.